The van der Waals surface area contributed by atoms with Gasteiger partial charge in [0.1, 0.15) is 0 Å². The third-order valence-electron chi connectivity index (χ3n) is 2.54. The molecule has 2 rings (SSSR count). The van der Waals surface area contributed by atoms with Gasteiger partial charge in [-0.3, -0.25) is 0 Å². The van der Waals surface area contributed by atoms with Crippen molar-refractivity contribution < 1.29 is 0 Å². The van der Waals surface area contributed by atoms with E-state index in [9.17, 15) is 0 Å². The van der Waals surface area contributed by atoms with E-state index in [1.807, 2.05) is 0 Å². The molecule has 2 heterocycles. The van der Waals surface area contributed by atoms with Crippen molar-refractivity contribution in [3.63, 3.8) is 0 Å². The third kappa shape index (κ3) is 3.07. The van der Waals surface area contributed by atoms with Gasteiger partial charge in [0.15, 0.2) is 0 Å². The first kappa shape index (κ1) is 11.6. The van der Waals surface area contributed by atoms with Crippen LogP contribution in [0.15, 0.2) is 0 Å². The Morgan fingerprint density at radius 3 is 2.50 bits per heavy atom. The molecular weight excluding hydrogens is 220 g/mol. The summed E-state index contributed by atoms with van der Waals surface area (Å²) in [4.78, 5) is 6.83. The molecule has 1 saturated heterocycles. The van der Waals surface area contributed by atoms with Gasteiger partial charge in [0.25, 0.3) is 0 Å². The van der Waals surface area contributed by atoms with E-state index in [2.05, 4.69) is 40.3 Å². The molecule has 0 unspecified atom stereocenters. The second-order valence-electron chi connectivity index (χ2n) is 5.32. The fraction of sp³-hybridized carbons (Fsp3) is 0.818. The molecule has 16 heavy (non-hydrogen) atoms. The first-order chi connectivity index (χ1) is 7.54. The Hall–Kier alpha value is -0.840. The summed E-state index contributed by atoms with van der Waals surface area (Å²) in [5.41, 5.74) is 0.0543. The summed E-state index contributed by atoms with van der Waals surface area (Å²) in [6, 6.07) is 0. The molecular formula is C11H20N4S. The first-order valence-corrected chi connectivity index (χ1v) is 6.69. The van der Waals surface area contributed by atoms with Gasteiger partial charge >= 0.3 is 0 Å². The molecule has 0 aliphatic carbocycles. The maximum absolute atomic E-state index is 4.54. The number of nitrogens with one attached hydrogen (secondary N) is 1. The number of aromatic nitrogens is 2. The van der Waals surface area contributed by atoms with Crippen molar-refractivity contribution in [1.29, 1.82) is 0 Å². The number of hydrogen-bond acceptors (Lipinski definition) is 5. The van der Waals surface area contributed by atoms with Crippen LogP contribution < -0.4 is 10.2 Å². The van der Waals surface area contributed by atoms with E-state index in [0.717, 1.165) is 24.2 Å². The second-order valence-corrected chi connectivity index (χ2v) is 6.07. The summed E-state index contributed by atoms with van der Waals surface area (Å²) in [5.74, 6) is 0.899. The molecule has 1 aromatic rings. The molecule has 1 aliphatic rings. The van der Waals surface area contributed by atoms with Crippen LogP contribution in [0.4, 0.5) is 11.1 Å². The summed E-state index contributed by atoms with van der Waals surface area (Å²) in [6.45, 7) is 8.61. The van der Waals surface area contributed by atoms with Crippen molar-refractivity contribution in [2.45, 2.75) is 45.6 Å². The predicted octanol–water partition coefficient (Wildman–Crippen LogP) is 2.74. The lowest BCUT2D eigenvalue weighted by atomic mass is 10.1. The molecule has 0 amide bonds. The van der Waals surface area contributed by atoms with Crippen LogP contribution in [0.5, 0.6) is 0 Å². The normalized spacial score (nSPS) is 17.6. The van der Waals surface area contributed by atoms with Gasteiger partial charge in [-0.1, -0.05) is 0 Å². The van der Waals surface area contributed by atoms with E-state index in [1.165, 1.54) is 30.8 Å². The molecule has 0 aromatic carbocycles. The Kier molecular flexibility index (Phi) is 3.33. The van der Waals surface area contributed by atoms with Crippen LogP contribution in [0.2, 0.25) is 0 Å². The van der Waals surface area contributed by atoms with E-state index in [0.29, 0.717) is 0 Å². The topological polar surface area (TPSA) is 41.1 Å². The molecule has 4 nitrogen and oxygen atoms in total. The summed E-state index contributed by atoms with van der Waals surface area (Å²) in [5, 5.41) is 4.28. The molecule has 0 atom stereocenters. The van der Waals surface area contributed by atoms with Crippen molar-refractivity contribution in [2.24, 2.45) is 0 Å². The van der Waals surface area contributed by atoms with Crippen molar-refractivity contribution in [1.82, 2.24) is 9.36 Å². The highest BCUT2D eigenvalue weighted by atomic mass is 32.1. The number of piperidine rings is 1. The maximum atomic E-state index is 4.54. The standard InChI is InChI=1S/C11H20N4S/c1-11(2,3)13-10-12-9(14-16-10)15-7-5-4-6-8-15/h4-8H2,1-3H3,(H,12,13,14). The largest absolute Gasteiger partial charge is 0.356 e. The molecule has 1 fully saturated rings. The van der Waals surface area contributed by atoms with Crippen LogP contribution in [0.3, 0.4) is 0 Å². The Morgan fingerprint density at radius 1 is 1.19 bits per heavy atom. The summed E-state index contributed by atoms with van der Waals surface area (Å²) in [6.07, 6.45) is 3.87. The van der Waals surface area contributed by atoms with Gasteiger partial charge in [-0.05, 0) is 40.0 Å². The molecule has 5 heteroatoms. The molecule has 1 aliphatic heterocycles. The Morgan fingerprint density at radius 2 is 1.88 bits per heavy atom. The van der Waals surface area contributed by atoms with E-state index in [-0.39, 0.29) is 5.54 Å². The van der Waals surface area contributed by atoms with Crippen LogP contribution in [-0.4, -0.2) is 28.0 Å². The molecule has 0 bridgehead atoms. The van der Waals surface area contributed by atoms with Gasteiger partial charge in [-0.25, -0.2) is 0 Å². The minimum atomic E-state index is 0.0543. The number of hydrogen-bond donors (Lipinski definition) is 1. The van der Waals surface area contributed by atoms with E-state index < -0.39 is 0 Å². The van der Waals surface area contributed by atoms with Crippen LogP contribution in [0.25, 0.3) is 0 Å². The average Bonchev–Trinajstić information content (AvgIpc) is 2.65. The fourth-order valence-electron chi connectivity index (χ4n) is 1.81. The first-order valence-electron chi connectivity index (χ1n) is 5.91. The van der Waals surface area contributed by atoms with Gasteiger partial charge in [0, 0.05) is 30.2 Å². The number of rotatable bonds is 2. The van der Waals surface area contributed by atoms with Gasteiger partial charge < -0.3 is 10.2 Å². The monoisotopic (exact) mass is 240 g/mol. The van der Waals surface area contributed by atoms with Crippen molar-refractivity contribution in [3.8, 4) is 0 Å². The molecule has 0 spiro atoms. The lowest BCUT2D eigenvalue weighted by Gasteiger charge is -2.25. The molecule has 0 saturated carbocycles. The Bertz CT molecular complexity index is 336. The van der Waals surface area contributed by atoms with Crippen molar-refractivity contribution in [2.75, 3.05) is 23.3 Å². The van der Waals surface area contributed by atoms with Gasteiger partial charge in [0.05, 0.1) is 0 Å². The SMILES string of the molecule is CC(C)(C)Nc1nc(N2CCCCC2)ns1. The molecule has 1 aromatic heterocycles. The zero-order chi connectivity index (χ0) is 11.6. The zero-order valence-corrected chi connectivity index (χ0v) is 11.1. The third-order valence-corrected chi connectivity index (χ3v) is 3.16. The van der Waals surface area contributed by atoms with Crippen molar-refractivity contribution in [3.05, 3.63) is 0 Å². The van der Waals surface area contributed by atoms with Gasteiger partial charge in [0.2, 0.25) is 11.1 Å². The lowest BCUT2D eigenvalue weighted by Crippen LogP contribution is -2.30. The quantitative estimate of drug-likeness (QED) is 0.863. The number of anilines is 2. The van der Waals surface area contributed by atoms with Crippen molar-refractivity contribution >= 4 is 22.6 Å². The lowest BCUT2D eigenvalue weighted by molar-refractivity contribution is 0.570. The fourth-order valence-corrected chi connectivity index (χ4v) is 2.61. The van der Waals surface area contributed by atoms with Crippen LogP contribution >= 0.6 is 11.5 Å². The molecule has 90 valence electrons. The highest BCUT2D eigenvalue weighted by Crippen LogP contribution is 2.23. The molecule has 0 radical (unpaired) electrons. The van der Waals surface area contributed by atoms with Gasteiger partial charge in [-0.2, -0.15) is 9.36 Å². The summed E-state index contributed by atoms with van der Waals surface area (Å²) >= 11 is 1.46. The summed E-state index contributed by atoms with van der Waals surface area (Å²) in [7, 11) is 0. The maximum Gasteiger partial charge on any atom is 0.239 e. The highest BCUT2D eigenvalue weighted by Gasteiger charge is 2.17. The van der Waals surface area contributed by atoms with Crippen LogP contribution in [-0.2, 0) is 0 Å². The van der Waals surface area contributed by atoms with E-state index in [1.54, 1.807) is 0 Å². The minimum Gasteiger partial charge on any atom is -0.356 e. The van der Waals surface area contributed by atoms with Gasteiger partial charge in [-0.15, -0.1) is 0 Å². The zero-order valence-electron chi connectivity index (χ0n) is 10.3. The summed E-state index contributed by atoms with van der Waals surface area (Å²) < 4.78 is 4.42. The van der Waals surface area contributed by atoms with E-state index in [4.69, 9.17) is 0 Å². The van der Waals surface area contributed by atoms with Crippen LogP contribution in [0.1, 0.15) is 40.0 Å². The predicted molar refractivity (Wildman–Crippen MR) is 69.3 cm³/mol. The smallest absolute Gasteiger partial charge is 0.239 e. The Labute approximate surface area is 101 Å². The second kappa shape index (κ2) is 4.57. The minimum absolute atomic E-state index is 0.0543. The Balaban J connectivity index is 2.01. The van der Waals surface area contributed by atoms with E-state index >= 15 is 0 Å². The van der Waals surface area contributed by atoms with Crippen LogP contribution in [0, 0.1) is 0 Å². The average molecular weight is 240 g/mol. The molecule has 1 N–H and O–H groups in total. The number of nitrogens with zero attached hydrogens (tertiary/aromatic N) is 3. The highest BCUT2D eigenvalue weighted by molar-refractivity contribution is 7.09.